The van der Waals surface area contributed by atoms with E-state index >= 15 is 0 Å². The van der Waals surface area contributed by atoms with Crippen LogP contribution >= 0.6 is 0 Å². The molecule has 14 heavy (non-hydrogen) atoms. The lowest BCUT2D eigenvalue weighted by atomic mass is 10.0. The molecule has 0 unspecified atom stereocenters. The van der Waals surface area contributed by atoms with Crippen LogP contribution in [0.25, 0.3) is 0 Å². The molecule has 0 aromatic rings. The molecule has 0 radical (unpaired) electrons. The summed E-state index contributed by atoms with van der Waals surface area (Å²) in [5.74, 6) is 0. The second-order valence-electron chi connectivity index (χ2n) is 3.83. The van der Waals surface area contributed by atoms with E-state index in [9.17, 15) is 0 Å². The SMILES string of the molecule is C1CCC1.CCC.CCC.CCCC. The van der Waals surface area contributed by atoms with Crippen LogP contribution in [0.5, 0.6) is 0 Å². The Kier molecular flexibility index (Phi) is 40.9. The highest BCUT2D eigenvalue weighted by molar-refractivity contribution is 4.50. The van der Waals surface area contributed by atoms with Crippen molar-refractivity contribution < 1.29 is 0 Å². The molecule has 0 aliphatic heterocycles. The van der Waals surface area contributed by atoms with Crippen LogP contribution in [0.2, 0.25) is 0 Å². The predicted molar refractivity (Wildman–Crippen MR) is 71.0 cm³/mol. The second-order valence-corrected chi connectivity index (χ2v) is 3.83. The van der Waals surface area contributed by atoms with Gasteiger partial charge in [0.1, 0.15) is 0 Å². The molecule has 90 valence electrons. The molecule has 0 saturated heterocycles. The first-order valence-corrected chi connectivity index (χ1v) is 6.74. The Morgan fingerprint density at radius 3 is 0.643 bits per heavy atom. The molecule has 0 nitrogen and oxygen atoms in total. The van der Waals surface area contributed by atoms with E-state index in [1.807, 2.05) is 0 Å². The van der Waals surface area contributed by atoms with E-state index in [1.165, 1.54) is 51.4 Å². The summed E-state index contributed by atoms with van der Waals surface area (Å²) in [6.07, 6.45) is 11.1. The van der Waals surface area contributed by atoms with E-state index in [1.54, 1.807) is 0 Å². The first-order chi connectivity index (χ1) is 6.74. The van der Waals surface area contributed by atoms with Crippen molar-refractivity contribution in [3.8, 4) is 0 Å². The van der Waals surface area contributed by atoms with Crippen molar-refractivity contribution in [1.82, 2.24) is 0 Å². The summed E-state index contributed by atoms with van der Waals surface area (Å²) in [6, 6.07) is 0. The van der Waals surface area contributed by atoms with Gasteiger partial charge in [-0.15, -0.1) is 0 Å². The van der Waals surface area contributed by atoms with Crippen molar-refractivity contribution in [2.45, 2.75) is 92.9 Å². The molecule has 1 rings (SSSR count). The van der Waals surface area contributed by atoms with Crippen molar-refractivity contribution in [3.63, 3.8) is 0 Å². The van der Waals surface area contributed by atoms with Gasteiger partial charge < -0.3 is 0 Å². The Labute approximate surface area is 93.5 Å². The fourth-order valence-electron chi connectivity index (χ4n) is 0.250. The number of rotatable bonds is 1. The zero-order valence-electron chi connectivity index (χ0n) is 11.7. The summed E-state index contributed by atoms with van der Waals surface area (Å²) in [5, 5.41) is 0. The molecule has 0 spiro atoms. The summed E-state index contributed by atoms with van der Waals surface area (Å²) in [5.41, 5.74) is 0. The first kappa shape index (κ1) is 19.6. The zero-order valence-corrected chi connectivity index (χ0v) is 11.7. The van der Waals surface area contributed by atoms with Gasteiger partial charge in [0.15, 0.2) is 0 Å². The maximum absolute atomic E-state index is 2.18. The van der Waals surface area contributed by atoms with Gasteiger partial charge in [0.05, 0.1) is 0 Å². The second kappa shape index (κ2) is 29.2. The van der Waals surface area contributed by atoms with Gasteiger partial charge in [-0.05, 0) is 0 Å². The first-order valence-electron chi connectivity index (χ1n) is 6.74. The molecule has 0 amide bonds. The molecule has 0 N–H and O–H groups in total. The van der Waals surface area contributed by atoms with Gasteiger partial charge in [-0.1, -0.05) is 92.9 Å². The van der Waals surface area contributed by atoms with Crippen LogP contribution in [0.1, 0.15) is 92.9 Å². The molecular formula is C14H34. The summed E-state index contributed by atoms with van der Waals surface area (Å²) in [4.78, 5) is 0. The summed E-state index contributed by atoms with van der Waals surface area (Å²) < 4.78 is 0. The largest absolute Gasteiger partial charge is 0.0656 e. The van der Waals surface area contributed by atoms with Gasteiger partial charge >= 0.3 is 0 Å². The van der Waals surface area contributed by atoms with Gasteiger partial charge in [0.2, 0.25) is 0 Å². The molecule has 1 aliphatic carbocycles. The molecule has 0 bridgehead atoms. The highest BCUT2D eigenvalue weighted by Crippen LogP contribution is 2.15. The summed E-state index contributed by atoms with van der Waals surface area (Å²) in [7, 11) is 0. The van der Waals surface area contributed by atoms with Crippen LogP contribution in [0.4, 0.5) is 0 Å². The van der Waals surface area contributed by atoms with Crippen LogP contribution in [-0.2, 0) is 0 Å². The number of hydrogen-bond acceptors (Lipinski definition) is 0. The maximum atomic E-state index is 2.18. The van der Waals surface area contributed by atoms with E-state index in [0.717, 1.165) is 0 Å². The lowest BCUT2D eigenvalue weighted by molar-refractivity contribution is 0.504. The third-order valence-electron chi connectivity index (χ3n) is 1.50. The van der Waals surface area contributed by atoms with Crippen LogP contribution in [-0.4, -0.2) is 0 Å². The fraction of sp³-hybridized carbons (Fsp3) is 1.00. The molecule has 1 saturated carbocycles. The van der Waals surface area contributed by atoms with Gasteiger partial charge in [-0.25, -0.2) is 0 Å². The minimum Gasteiger partial charge on any atom is -0.0656 e. The van der Waals surface area contributed by atoms with Gasteiger partial charge in [0.25, 0.3) is 0 Å². The minimum absolute atomic E-state index is 1.25. The quantitative estimate of drug-likeness (QED) is 0.475. The molecule has 1 aliphatic rings. The Hall–Kier alpha value is 0. The third-order valence-corrected chi connectivity index (χ3v) is 1.50. The third kappa shape index (κ3) is 58.1. The van der Waals surface area contributed by atoms with Crippen LogP contribution in [0.15, 0.2) is 0 Å². The molecule has 0 heterocycles. The topological polar surface area (TPSA) is 0 Å². The summed E-state index contributed by atoms with van der Waals surface area (Å²) >= 11 is 0. The zero-order chi connectivity index (χ0) is 11.7. The van der Waals surface area contributed by atoms with Crippen molar-refractivity contribution in [1.29, 1.82) is 0 Å². The lowest BCUT2D eigenvalue weighted by Crippen LogP contribution is -1.85. The Morgan fingerprint density at radius 2 is 0.643 bits per heavy atom. The van der Waals surface area contributed by atoms with E-state index in [2.05, 4.69) is 41.5 Å². The Bertz CT molecular complexity index is 36.0. The average molecular weight is 202 g/mol. The smallest absolute Gasteiger partial charge is 0.0533 e. The van der Waals surface area contributed by atoms with E-state index in [-0.39, 0.29) is 0 Å². The van der Waals surface area contributed by atoms with Gasteiger partial charge in [-0.2, -0.15) is 0 Å². The Morgan fingerprint density at radius 1 is 0.500 bits per heavy atom. The van der Waals surface area contributed by atoms with Crippen LogP contribution < -0.4 is 0 Å². The normalized spacial score (nSPS) is 11.6. The molecule has 0 aromatic carbocycles. The number of hydrogen-bond donors (Lipinski definition) is 0. The van der Waals surface area contributed by atoms with Crippen molar-refractivity contribution in [2.75, 3.05) is 0 Å². The number of unbranched alkanes of at least 4 members (excludes halogenated alkanes) is 1. The van der Waals surface area contributed by atoms with Crippen LogP contribution in [0, 0.1) is 0 Å². The van der Waals surface area contributed by atoms with Crippen LogP contribution in [0.3, 0.4) is 0 Å². The predicted octanol–water partition coefficient (Wildman–Crippen LogP) is 6.20. The van der Waals surface area contributed by atoms with Crippen molar-refractivity contribution >= 4 is 0 Å². The van der Waals surface area contributed by atoms with Gasteiger partial charge in [0, 0.05) is 0 Å². The Balaban J connectivity index is -0.000000117. The molecule has 1 fully saturated rings. The fourth-order valence-corrected chi connectivity index (χ4v) is 0.250. The molecule has 0 atom stereocenters. The maximum Gasteiger partial charge on any atom is -0.0533 e. The van der Waals surface area contributed by atoms with Crippen molar-refractivity contribution in [2.24, 2.45) is 0 Å². The molecular weight excluding hydrogens is 168 g/mol. The molecule has 0 aromatic heterocycles. The van der Waals surface area contributed by atoms with Crippen molar-refractivity contribution in [3.05, 3.63) is 0 Å². The monoisotopic (exact) mass is 202 g/mol. The highest BCUT2D eigenvalue weighted by Gasteiger charge is 1.95. The van der Waals surface area contributed by atoms with E-state index < -0.39 is 0 Å². The average Bonchev–Trinajstić information content (AvgIpc) is 2.04. The lowest BCUT2D eigenvalue weighted by Gasteiger charge is -2.05. The minimum atomic E-state index is 1.25. The summed E-state index contributed by atoms with van der Waals surface area (Å²) in [6.45, 7) is 12.9. The standard InChI is InChI=1S/C4H8.C4H10.2C3H8/c1-2-4-3-1;1-3-4-2;2*1-3-2/h1-4H2;3-4H2,1-2H3;2*3H2,1-2H3. The van der Waals surface area contributed by atoms with Gasteiger partial charge in [-0.3, -0.25) is 0 Å². The van der Waals surface area contributed by atoms with E-state index in [4.69, 9.17) is 0 Å². The molecule has 0 heteroatoms. The van der Waals surface area contributed by atoms with E-state index in [0.29, 0.717) is 0 Å². The highest BCUT2D eigenvalue weighted by atomic mass is 14.0.